The number of hydrogen-bond acceptors (Lipinski definition) is 4. The molecule has 4 heteroatoms. The van der Waals surface area contributed by atoms with Crippen LogP contribution in [0.1, 0.15) is 20.3 Å². The van der Waals surface area contributed by atoms with Crippen LogP contribution in [0.2, 0.25) is 0 Å². The van der Waals surface area contributed by atoms with E-state index in [0.29, 0.717) is 18.3 Å². The van der Waals surface area contributed by atoms with Crippen molar-refractivity contribution in [2.45, 2.75) is 20.3 Å². The molecular formula is C15H22O4. The lowest BCUT2D eigenvalue weighted by molar-refractivity contribution is -0.147. The molecule has 1 aromatic carbocycles. The van der Waals surface area contributed by atoms with Gasteiger partial charge in [0.25, 0.3) is 0 Å². The molecule has 0 spiro atoms. The summed E-state index contributed by atoms with van der Waals surface area (Å²) in [5, 5.41) is 0. The van der Waals surface area contributed by atoms with E-state index in [1.807, 2.05) is 18.2 Å². The third-order valence-corrected chi connectivity index (χ3v) is 2.78. The number of benzene rings is 1. The topological polar surface area (TPSA) is 44.8 Å². The molecule has 1 unspecified atom stereocenters. The molecule has 0 amide bonds. The van der Waals surface area contributed by atoms with Crippen molar-refractivity contribution < 1.29 is 19.0 Å². The van der Waals surface area contributed by atoms with Crippen LogP contribution in [0, 0.1) is 11.8 Å². The van der Waals surface area contributed by atoms with E-state index in [1.54, 1.807) is 13.2 Å². The van der Waals surface area contributed by atoms with Crippen LogP contribution in [-0.4, -0.2) is 26.8 Å². The first kappa shape index (κ1) is 15.3. The molecule has 0 aliphatic heterocycles. The van der Waals surface area contributed by atoms with Crippen LogP contribution in [0.4, 0.5) is 0 Å². The van der Waals surface area contributed by atoms with Gasteiger partial charge in [0.2, 0.25) is 0 Å². The van der Waals surface area contributed by atoms with Gasteiger partial charge in [-0.1, -0.05) is 19.9 Å². The Hall–Kier alpha value is -1.71. The quantitative estimate of drug-likeness (QED) is 0.712. The summed E-state index contributed by atoms with van der Waals surface area (Å²) in [6.45, 7) is 4.46. The van der Waals surface area contributed by atoms with Crippen LogP contribution >= 0.6 is 0 Å². The Kier molecular flexibility index (Phi) is 6.19. The van der Waals surface area contributed by atoms with Crippen LogP contribution in [-0.2, 0) is 9.53 Å². The molecule has 0 aromatic heterocycles. The molecule has 4 nitrogen and oxygen atoms in total. The van der Waals surface area contributed by atoms with Crippen molar-refractivity contribution in [3.8, 4) is 11.5 Å². The number of methoxy groups -OCH3 is 2. The summed E-state index contributed by atoms with van der Waals surface area (Å²) in [6, 6.07) is 7.33. The lowest BCUT2D eigenvalue weighted by atomic mass is 9.98. The molecule has 1 atom stereocenters. The van der Waals surface area contributed by atoms with E-state index < -0.39 is 0 Å². The summed E-state index contributed by atoms with van der Waals surface area (Å²) in [7, 11) is 3.01. The first-order valence-electron chi connectivity index (χ1n) is 6.41. The molecule has 0 aliphatic rings. The second kappa shape index (κ2) is 7.67. The minimum Gasteiger partial charge on any atom is -0.497 e. The number of carbonyl (C=O) groups is 1. The highest BCUT2D eigenvalue weighted by molar-refractivity contribution is 5.72. The zero-order valence-corrected chi connectivity index (χ0v) is 12.0. The van der Waals surface area contributed by atoms with Crippen molar-refractivity contribution in [3.05, 3.63) is 24.3 Å². The minimum atomic E-state index is -0.240. The lowest BCUT2D eigenvalue weighted by Gasteiger charge is -2.17. The zero-order valence-electron chi connectivity index (χ0n) is 12.0. The van der Waals surface area contributed by atoms with Crippen LogP contribution < -0.4 is 9.47 Å². The van der Waals surface area contributed by atoms with Crippen molar-refractivity contribution in [3.63, 3.8) is 0 Å². The van der Waals surface area contributed by atoms with Crippen molar-refractivity contribution in [2.75, 3.05) is 20.8 Å². The molecule has 0 saturated carbocycles. The fraction of sp³-hybridized carbons (Fsp3) is 0.533. The SMILES string of the molecule is COC(=O)C(COc1cccc(OC)c1)CC(C)C. The monoisotopic (exact) mass is 266 g/mol. The average Bonchev–Trinajstić information content (AvgIpc) is 2.42. The Morgan fingerprint density at radius 3 is 2.47 bits per heavy atom. The normalized spacial score (nSPS) is 12.1. The van der Waals surface area contributed by atoms with Crippen molar-refractivity contribution >= 4 is 5.97 Å². The molecule has 0 fully saturated rings. The number of hydrogen-bond donors (Lipinski definition) is 0. The van der Waals surface area contributed by atoms with E-state index in [2.05, 4.69) is 13.8 Å². The summed E-state index contributed by atoms with van der Waals surface area (Å²) >= 11 is 0. The number of ether oxygens (including phenoxy) is 3. The second-order valence-electron chi connectivity index (χ2n) is 4.84. The highest BCUT2D eigenvalue weighted by Crippen LogP contribution is 2.21. The molecular weight excluding hydrogens is 244 g/mol. The van der Waals surface area contributed by atoms with Gasteiger partial charge in [-0.25, -0.2) is 0 Å². The predicted octanol–water partition coefficient (Wildman–Crippen LogP) is 2.91. The van der Waals surface area contributed by atoms with Gasteiger partial charge in [-0.3, -0.25) is 4.79 Å². The van der Waals surface area contributed by atoms with Gasteiger partial charge in [-0.05, 0) is 24.5 Å². The van der Waals surface area contributed by atoms with Gasteiger partial charge in [0.05, 0.1) is 20.1 Å². The Morgan fingerprint density at radius 2 is 1.89 bits per heavy atom. The van der Waals surface area contributed by atoms with Crippen molar-refractivity contribution in [2.24, 2.45) is 11.8 Å². The fourth-order valence-corrected chi connectivity index (χ4v) is 1.86. The standard InChI is InChI=1S/C15H22O4/c1-11(2)8-12(15(16)18-4)10-19-14-7-5-6-13(9-14)17-3/h5-7,9,11-12H,8,10H2,1-4H3. The maximum Gasteiger partial charge on any atom is 0.312 e. The molecule has 0 saturated heterocycles. The van der Waals surface area contributed by atoms with Gasteiger partial charge in [0.1, 0.15) is 18.1 Å². The van der Waals surface area contributed by atoms with Gasteiger partial charge in [0.15, 0.2) is 0 Å². The Labute approximate surface area is 114 Å². The molecule has 106 valence electrons. The third kappa shape index (κ3) is 5.20. The Balaban J connectivity index is 2.61. The summed E-state index contributed by atoms with van der Waals surface area (Å²) in [6.07, 6.45) is 0.747. The molecule has 0 radical (unpaired) electrons. The summed E-state index contributed by atoms with van der Waals surface area (Å²) in [5.41, 5.74) is 0. The van der Waals surface area contributed by atoms with E-state index in [9.17, 15) is 4.79 Å². The zero-order chi connectivity index (χ0) is 14.3. The third-order valence-electron chi connectivity index (χ3n) is 2.78. The Morgan fingerprint density at radius 1 is 1.21 bits per heavy atom. The van der Waals surface area contributed by atoms with Gasteiger partial charge in [0, 0.05) is 6.07 Å². The lowest BCUT2D eigenvalue weighted by Crippen LogP contribution is -2.24. The van der Waals surface area contributed by atoms with E-state index in [1.165, 1.54) is 7.11 Å². The largest absolute Gasteiger partial charge is 0.497 e. The van der Waals surface area contributed by atoms with Crippen molar-refractivity contribution in [1.29, 1.82) is 0 Å². The predicted molar refractivity (Wildman–Crippen MR) is 73.5 cm³/mol. The number of esters is 1. The smallest absolute Gasteiger partial charge is 0.312 e. The number of rotatable bonds is 7. The fourth-order valence-electron chi connectivity index (χ4n) is 1.86. The molecule has 0 N–H and O–H groups in total. The van der Waals surface area contributed by atoms with E-state index in [-0.39, 0.29) is 11.9 Å². The summed E-state index contributed by atoms with van der Waals surface area (Å²) in [4.78, 5) is 11.7. The average molecular weight is 266 g/mol. The van der Waals surface area contributed by atoms with Crippen LogP contribution in [0.15, 0.2) is 24.3 Å². The first-order chi connectivity index (χ1) is 9.06. The molecule has 19 heavy (non-hydrogen) atoms. The maximum absolute atomic E-state index is 11.7. The van der Waals surface area contributed by atoms with Gasteiger partial charge in [-0.15, -0.1) is 0 Å². The molecule has 1 aromatic rings. The molecule has 0 aliphatic carbocycles. The van der Waals surface area contributed by atoms with Crippen LogP contribution in [0.25, 0.3) is 0 Å². The highest BCUT2D eigenvalue weighted by Gasteiger charge is 2.21. The van der Waals surface area contributed by atoms with E-state index in [4.69, 9.17) is 14.2 Å². The van der Waals surface area contributed by atoms with Gasteiger partial charge in [-0.2, -0.15) is 0 Å². The highest BCUT2D eigenvalue weighted by atomic mass is 16.5. The molecule has 0 bridgehead atoms. The first-order valence-corrected chi connectivity index (χ1v) is 6.41. The maximum atomic E-state index is 11.7. The molecule has 0 heterocycles. The summed E-state index contributed by atoms with van der Waals surface area (Å²) in [5.74, 6) is 1.37. The van der Waals surface area contributed by atoms with Crippen molar-refractivity contribution in [1.82, 2.24) is 0 Å². The van der Waals surface area contributed by atoms with E-state index >= 15 is 0 Å². The number of carbonyl (C=O) groups excluding carboxylic acids is 1. The van der Waals surface area contributed by atoms with Crippen LogP contribution in [0.5, 0.6) is 11.5 Å². The van der Waals surface area contributed by atoms with Gasteiger partial charge < -0.3 is 14.2 Å². The van der Waals surface area contributed by atoms with Gasteiger partial charge >= 0.3 is 5.97 Å². The summed E-state index contributed by atoms with van der Waals surface area (Å²) < 4.78 is 15.6. The molecule has 1 rings (SSSR count). The van der Waals surface area contributed by atoms with E-state index in [0.717, 1.165) is 12.2 Å². The second-order valence-corrected chi connectivity index (χ2v) is 4.84. The minimum absolute atomic E-state index is 0.225. The van der Waals surface area contributed by atoms with Crippen LogP contribution in [0.3, 0.4) is 0 Å². The Bertz CT molecular complexity index is 401.